The van der Waals surface area contributed by atoms with Gasteiger partial charge in [0, 0.05) is 23.6 Å². The van der Waals surface area contributed by atoms with Crippen LogP contribution in [0.3, 0.4) is 0 Å². The molecule has 0 aliphatic rings. The third kappa shape index (κ3) is 4.52. The molecule has 0 fully saturated rings. The van der Waals surface area contributed by atoms with E-state index >= 15 is 0 Å². The van der Waals surface area contributed by atoms with Crippen LogP contribution in [0, 0.1) is 6.92 Å². The summed E-state index contributed by atoms with van der Waals surface area (Å²) >= 11 is 3.41. The average molecular weight is 325 g/mol. The Morgan fingerprint density at radius 2 is 2.16 bits per heavy atom. The monoisotopic (exact) mass is 324 g/mol. The normalized spacial score (nSPS) is 9.84. The van der Waals surface area contributed by atoms with E-state index in [1.807, 2.05) is 19.1 Å². The highest BCUT2D eigenvalue weighted by atomic mass is 79.9. The van der Waals surface area contributed by atoms with E-state index in [9.17, 15) is 9.59 Å². The molecule has 2 amide bonds. The molecular formula is C14H17BrN2O2. The van der Waals surface area contributed by atoms with Gasteiger partial charge in [-0.15, -0.1) is 6.58 Å². The van der Waals surface area contributed by atoms with Gasteiger partial charge in [0.1, 0.15) is 6.54 Å². The first-order valence-electron chi connectivity index (χ1n) is 5.87. The Kier molecular flexibility index (Phi) is 5.76. The van der Waals surface area contributed by atoms with E-state index in [0.29, 0.717) is 12.2 Å². The number of rotatable bonds is 5. The highest BCUT2D eigenvalue weighted by Crippen LogP contribution is 2.23. The van der Waals surface area contributed by atoms with Crippen LogP contribution in [0.15, 0.2) is 35.3 Å². The molecule has 0 saturated heterocycles. The maximum Gasteiger partial charge on any atom is 0.240 e. The maximum absolute atomic E-state index is 11.7. The first-order chi connectivity index (χ1) is 8.95. The number of hydrogen-bond donors (Lipinski definition) is 1. The van der Waals surface area contributed by atoms with Crippen LogP contribution in [0.25, 0.3) is 0 Å². The highest BCUT2D eigenvalue weighted by Gasteiger charge is 2.15. The summed E-state index contributed by atoms with van der Waals surface area (Å²) in [5.74, 6) is -0.383. The first kappa shape index (κ1) is 15.4. The molecule has 0 atom stereocenters. The average Bonchev–Trinajstić information content (AvgIpc) is 2.36. The number of carbonyl (C=O) groups excluding carboxylic acids is 2. The minimum atomic E-state index is -0.212. The van der Waals surface area contributed by atoms with Crippen molar-refractivity contribution in [3.8, 4) is 0 Å². The molecule has 0 aliphatic carbocycles. The molecule has 0 radical (unpaired) electrons. The van der Waals surface area contributed by atoms with Crippen molar-refractivity contribution < 1.29 is 9.59 Å². The lowest BCUT2D eigenvalue weighted by Gasteiger charge is -2.21. The lowest BCUT2D eigenvalue weighted by molar-refractivity contribution is -0.122. The number of amides is 2. The fourth-order valence-corrected chi connectivity index (χ4v) is 1.81. The van der Waals surface area contributed by atoms with Gasteiger partial charge in [-0.25, -0.2) is 0 Å². The predicted molar refractivity (Wildman–Crippen MR) is 80.1 cm³/mol. The topological polar surface area (TPSA) is 49.4 Å². The van der Waals surface area contributed by atoms with E-state index in [-0.39, 0.29) is 18.4 Å². The quantitative estimate of drug-likeness (QED) is 0.845. The summed E-state index contributed by atoms with van der Waals surface area (Å²) in [5.41, 5.74) is 1.72. The number of halogens is 1. The van der Waals surface area contributed by atoms with E-state index in [2.05, 4.69) is 27.8 Å². The molecule has 1 aromatic carbocycles. The van der Waals surface area contributed by atoms with Crippen LogP contribution < -0.4 is 10.2 Å². The summed E-state index contributed by atoms with van der Waals surface area (Å²) in [6, 6.07) is 5.54. The Hall–Kier alpha value is -1.62. The summed E-state index contributed by atoms with van der Waals surface area (Å²) in [6.45, 7) is 7.30. The summed E-state index contributed by atoms with van der Waals surface area (Å²) in [4.78, 5) is 24.8. The van der Waals surface area contributed by atoms with Gasteiger partial charge in [-0.1, -0.05) is 22.0 Å². The van der Waals surface area contributed by atoms with Gasteiger partial charge in [0.05, 0.1) is 0 Å². The van der Waals surface area contributed by atoms with Crippen LogP contribution in [0.5, 0.6) is 0 Å². The first-order valence-corrected chi connectivity index (χ1v) is 6.67. The SMILES string of the molecule is C=CCNC(=O)CN(C(C)=O)c1ccc(Br)c(C)c1. The van der Waals surface area contributed by atoms with Gasteiger partial charge in [-0.3, -0.25) is 9.59 Å². The minimum Gasteiger partial charge on any atom is -0.351 e. The minimum absolute atomic E-state index is 0.00421. The van der Waals surface area contributed by atoms with E-state index < -0.39 is 0 Å². The van der Waals surface area contributed by atoms with Crippen molar-refractivity contribution >= 4 is 33.4 Å². The molecule has 102 valence electrons. The predicted octanol–water partition coefficient (Wildman–Crippen LogP) is 2.41. The standard InChI is InChI=1S/C14H17BrN2O2/c1-4-7-16-14(19)9-17(11(3)18)12-5-6-13(15)10(2)8-12/h4-6,8H,1,7,9H2,2-3H3,(H,16,19). The van der Waals surface area contributed by atoms with Gasteiger partial charge < -0.3 is 10.2 Å². The van der Waals surface area contributed by atoms with Crippen molar-refractivity contribution in [2.75, 3.05) is 18.0 Å². The van der Waals surface area contributed by atoms with Crippen LogP contribution in [0.1, 0.15) is 12.5 Å². The number of benzene rings is 1. The molecule has 1 aromatic rings. The van der Waals surface area contributed by atoms with E-state index in [1.54, 1.807) is 12.1 Å². The molecule has 0 spiro atoms. The molecule has 1 rings (SSSR count). The number of nitrogens with one attached hydrogen (secondary N) is 1. The Morgan fingerprint density at radius 3 is 2.68 bits per heavy atom. The van der Waals surface area contributed by atoms with Crippen LogP contribution in [-0.2, 0) is 9.59 Å². The second kappa shape index (κ2) is 7.09. The van der Waals surface area contributed by atoms with Crippen molar-refractivity contribution in [3.05, 3.63) is 40.9 Å². The zero-order chi connectivity index (χ0) is 14.4. The molecule has 0 aromatic heterocycles. The lowest BCUT2D eigenvalue weighted by Crippen LogP contribution is -2.39. The Bertz CT molecular complexity index is 500. The fraction of sp³-hybridized carbons (Fsp3) is 0.286. The van der Waals surface area contributed by atoms with Gasteiger partial charge in [-0.05, 0) is 30.7 Å². The molecule has 0 saturated carbocycles. The van der Waals surface area contributed by atoms with Gasteiger partial charge in [-0.2, -0.15) is 0 Å². The molecular weight excluding hydrogens is 308 g/mol. The Morgan fingerprint density at radius 1 is 1.47 bits per heavy atom. The summed E-state index contributed by atoms with van der Waals surface area (Å²) < 4.78 is 0.968. The van der Waals surface area contributed by atoms with Crippen LogP contribution in [-0.4, -0.2) is 24.9 Å². The molecule has 0 bridgehead atoms. The van der Waals surface area contributed by atoms with Gasteiger partial charge in [0.25, 0.3) is 0 Å². The third-order valence-electron chi connectivity index (χ3n) is 2.58. The van der Waals surface area contributed by atoms with E-state index in [1.165, 1.54) is 11.8 Å². The third-order valence-corrected chi connectivity index (χ3v) is 3.47. The van der Waals surface area contributed by atoms with Crippen LogP contribution in [0.4, 0.5) is 5.69 Å². The lowest BCUT2D eigenvalue weighted by atomic mass is 10.2. The second-order valence-electron chi connectivity index (χ2n) is 4.13. The zero-order valence-electron chi connectivity index (χ0n) is 11.1. The number of carbonyl (C=O) groups is 2. The maximum atomic E-state index is 11.7. The van der Waals surface area contributed by atoms with Crippen molar-refractivity contribution in [1.82, 2.24) is 5.32 Å². The number of nitrogens with zero attached hydrogens (tertiary/aromatic N) is 1. The fourth-order valence-electron chi connectivity index (χ4n) is 1.57. The van der Waals surface area contributed by atoms with Gasteiger partial charge in [0.2, 0.25) is 11.8 Å². The van der Waals surface area contributed by atoms with Crippen molar-refractivity contribution in [2.24, 2.45) is 0 Å². The zero-order valence-corrected chi connectivity index (χ0v) is 12.7. The smallest absolute Gasteiger partial charge is 0.240 e. The van der Waals surface area contributed by atoms with Crippen LogP contribution in [0.2, 0.25) is 0 Å². The van der Waals surface area contributed by atoms with Gasteiger partial charge >= 0.3 is 0 Å². The highest BCUT2D eigenvalue weighted by molar-refractivity contribution is 9.10. The van der Waals surface area contributed by atoms with Crippen LogP contribution >= 0.6 is 15.9 Å². The van der Waals surface area contributed by atoms with Gasteiger partial charge in [0.15, 0.2) is 0 Å². The van der Waals surface area contributed by atoms with Crippen molar-refractivity contribution in [2.45, 2.75) is 13.8 Å². The summed E-state index contributed by atoms with van der Waals surface area (Å²) in [7, 11) is 0. The van der Waals surface area contributed by atoms with Crippen molar-refractivity contribution in [3.63, 3.8) is 0 Å². The molecule has 1 N–H and O–H groups in total. The van der Waals surface area contributed by atoms with E-state index in [4.69, 9.17) is 0 Å². The summed E-state index contributed by atoms with van der Waals surface area (Å²) in [6.07, 6.45) is 1.60. The number of aryl methyl sites for hydroxylation is 1. The second-order valence-corrected chi connectivity index (χ2v) is 4.99. The molecule has 5 heteroatoms. The Balaban J connectivity index is 2.88. The Labute approximate surface area is 121 Å². The number of hydrogen-bond acceptors (Lipinski definition) is 2. The molecule has 0 unspecified atom stereocenters. The molecule has 4 nitrogen and oxygen atoms in total. The molecule has 0 heterocycles. The van der Waals surface area contributed by atoms with E-state index in [0.717, 1.165) is 10.0 Å². The van der Waals surface area contributed by atoms with Crippen molar-refractivity contribution in [1.29, 1.82) is 0 Å². The largest absolute Gasteiger partial charge is 0.351 e. The summed E-state index contributed by atoms with van der Waals surface area (Å²) in [5, 5.41) is 2.65. The number of anilines is 1. The molecule has 0 aliphatic heterocycles. The molecule has 19 heavy (non-hydrogen) atoms.